The van der Waals surface area contributed by atoms with Gasteiger partial charge < -0.3 is 39.7 Å². The van der Waals surface area contributed by atoms with Gasteiger partial charge in [-0.05, 0) is 33.6 Å². The Labute approximate surface area is 220 Å². The summed E-state index contributed by atoms with van der Waals surface area (Å²) in [4.78, 5) is 26.5. The highest BCUT2D eigenvalue weighted by Gasteiger charge is 2.47. The van der Waals surface area contributed by atoms with Crippen LogP contribution >= 0.6 is 0 Å². The third-order valence-electron chi connectivity index (χ3n) is 8.46. The molecule has 216 valence electrons. The van der Waals surface area contributed by atoms with Crippen LogP contribution in [-0.4, -0.2) is 91.9 Å². The minimum atomic E-state index is -1.72. The number of cyclic esters (lactones) is 1. The van der Waals surface area contributed by atoms with E-state index in [0.29, 0.717) is 6.42 Å². The Morgan fingerprint density at radius 3 is 2.08 bits per heavy atom. The van der Waals surface area contributed by atoms with E-state index < -0.39 is 90.2 Å². The van der Waals surface area contributed by atoms with Crippen LogP contribution in [0.2, 0.25) is 0 Å². The summed E-state index contributed by atoms with van der Waals surface area (Å²) in [5.41, 5.74) is -1.72. The molecule has 0 aromatic rings. The molecule has 2 saturated heterocycles. The van der Waals surface area contributed by atoms with Crippen LogP contribution in [0, 0.1) is 29.6 Å². The van der Waals surface area contributed by atoms with Crippen molar-refractivity contribution >= 4 is 11.8 Å². The van der Waals surface area contributed by atoms with Gasteiger partial charge in [-0.15, -0.1) is 0 Å². The summed E-state index contributed by atoms with van der Waals surface area (Å²) < 4.78 is 17.7. The molecule has 3 unspecified atom stereocenters. The molecule has 2 fully saturated rings. The van der Waals surface area contributed by atoms with Gasteiger partial charge in [0.25, 0.3) is 0 Å². The molecule has 5 N–H and O–H groups in total. The third-order valence-corrected chi connectivity index (χ3v) is 8.46. The summed E-state index contributed by atoms with van der Waals surface area (Å²) in [6, 6.07) is 0. The van der Waals surface area contributed by atoms with Gasteiger partial charge in [0.05, 0.1) is 42.0 Å². The lowest BCUT2D eigenvalue weighted by Crippen LogP contribution is -2.54. The molecule has 2 aliphatic rings. The highest BCUT2D eigenvalue weighted by molar-refractivity contribution is 5.83. The van der Waals surface area contributed by atoms with Crippen molar-refractivity contribution in [2.45, 2.75) is 129 Å². The Balaban J connectivity index is 2.46. The van der Waals surface area contributed by atoms with E-state index in [2.05, 4.69) is 0 Å². The number of hydrogen-bond acceptors (Lipinski definition) is 10. The van der Waals surface area contributed by atoms with Crippen molar-refractivity contribution in [3.63, 3.8) is 0 Å². The van der Waals surface area contributed by atoms with E-state index in [0.717, 1.165) is 0 Å². The lowest BCUT2D eigenvalue weighted by molar-refractivity contribution is -0.276. The lowest BCUT2D eigenvalue weighted by atomic mass is 9.75. The van der Waals surface area contributed by atoms with Crippen LogP contribution in [0.1, 0.15) is 74.7 Å². The number of rotatable bonds is 3. The number of Topliss-reactive ketones (excluding diaryl/α,β-unsaturated/α-hetero) is 1. The van der Waals surface area contributed by atoms with Crippen molar-refractivity contribution < 1.29 is 49.3 Å². The van der Waals surface area contributed by atoms with Crippen LogP contribution in [0.5, 0.6) is 0 Å². The number of aliphatic hydroxyl groups excluding tert-OH is 4. The van der Waals surface area contributed by atoms with Gasteiger partial charge >= 0.3 is 5.97 Å². The fourth-order valence-corrected chi connectivity index (χ4v) is 5.82. The van der Waals surface area contributed by atoms with Gasteiger partial charge in [-0.25, -0.2) is 0 Å². The Kier molecular flexibility index (Phi) is 11.1. The molecule has 37 heavy (non-hydrogen) atoms. The molecule has 10 nitrogen and oxygen atoms in total. The molecule has 0 bridgehead atoms. The topological polar surface area (TPSA) is 163 Å². The van der Waals surface area contributed by atoms with Crippen molar-refractivity contribution in [1.82, 2.24) is 0 Å². The number of esters is 1. The van der Waals surface area contributed by atoms with E-state index in [1.807, 2.05) is 6.92 Å². The van der Waals surface area contributed by atoms with Crippen LogP contribution in [0.3, 0.4) is 0 Å². The third kappa shape index (κ3) is 7.29. The molecule has 2 aliphatic heterocycles. The summed E-state index contributed by atoms with van der Waals surface area (Å²) in [5.74, 6) is -4.55. The average Bonchev–Trinajstić information content (AvgIpc) is 2.84. The van der Waals surface area contributed by atoms with E-state index in [4.69, 9.17) is 14.2 Å². The SMILES string of the molecule is CCC1OC(=O)[C@H](C)C(O[C@@H]2C[C@@H](O)[C@@H](O)[C@H](C)O2)[C@H](C)[C@@H](O)[C@](C)(O)C[C@@H](C)C(=O)C(C)[C@@H](O)[C@H]1C. The number of ketones is 1. The number of aliphatic hydroxyl groups is 5. The number of carbonyl (C=O) groups excluding carboxylic acids is 2. The number of hydrogen-bond donors (Lipinski definition) is 5. The van der Waals surface area contributed by atoms with Gasteiger partial charge in [-0.1, -0.05) is 34.6 Å². The first-order chi connectivity index (χ1) is 17.0. The monoisotopic (exact) mass is 532 g/mol. The maximum Gasteiger partial charge on any atom is 0.311 e. The molecule has 0 radical (unpaired) electrons. The standard InChI is InChI=1S/C27H48O10/c1-9-19-13(3)22(30)14(4)21(29)12(2)11-27(8,34)25(32)15(5)24(16(6)26(33)36-19)37-20-10-18(28)23(31)17(7)35-20/h12-20,22-25,28,30-32,34H,9-11H2,1-8H3/t12-,13+,14?,15+,16-,17+,18-,19?,20-,22+,23+,24?,25-,27-/m1/s1. The van der Waals surface area contributed by atoms with Gasteiger partial charge in [0.2, 0.25) is 0 Å². The molecule has 2 heterocycles. The van der Waals surface area contributed by atoms with Crippen molar-refractivity contribution in [1.29, 1.82) is 0 Å². The molecule has 0 aromatic carbocycles. The first-order valence-corrected chi connectivity index (χ1v) is 13.5. The Morgan fingerprint density at radius 2 is 1.54 bits per heavy atom. The van der Waals surface area contributed by atoms with Gasteiger partial charge in [0.15, 0.2) is 6.29 Å². The normalized spacial score (nSPS) is 49.3. The predicted molar refractivity (Wildman–Crippen MR) is 134 cm³/mol. The minimum absolute atomic E-state index is 0.0484. The summed E-state index contributed by atoms with van der Waals surface area (Å²) in [6.07, 6.45) is -7.72. The van der Waals surface area contributed by atoms with Crippen LogP contribution in [0.15, 0.2) is 0 Å². The molecule has 14 atom stereocenters. The average molecular weight is 533 g/mol. The highest BCUT2D eigenvalue weighted by Crippen LogP contribution is 2.35. The molecule has 10 heteroatoms. The van der Waals surface area contributed by atoms with Crippen molar-refractivity contribution in [3.8, 4) is 0 Å². The van der Waals surface area contributed by atoms with Crippen LogP contribution in [0.25, 0.3) is 0 Å². The maximum absolute atomic E-state index is 13.3. The molecule has 2 rings (SSSR count). The molecule has 0 spiro atoms. The maximum atomic E-state index is 13.3. The number of carbonyl (C=O) groups is 2. The quantitative estimate of drug-likeness (QED) is 0.334. The second-order valence-corrected chi connectivity index (χ2v) is 11.6. The minimum Gasteiger partial charge on any atom is -0.462 e. The molecule has 0 amide bonds. The molecular formula is C27H48O10. The summed E-state index contributed by atoms with van der Waals surface area (Å²) in [7, 11) is 0. The zero-order valence-corrected chi connectivity index (χ0v) is 23.4. The first-order valence-electron chi connectivity index (χ1n) is 13.5. The second-order valence-electron chi connectivity index (χ2n) is 11.6. The second kappa shape index (κ2) is 12.8. The Hall–Kier alpha value is -1.14. The van der Waals surface area contributed by atoms with E-state index in [-0.39, 0.29) is 18.6 Å². The zero-order valence-electron chi connectivity index (χ0n) is 23.4. The largest absolute Gasteiger partial charge is 0.462 e. The fraction of sp³-hybridized carbons (Fsp3) is 0.926. The molecular weight excluding hydrogens is 484 g/mol. The number of ether oxygens (including phenoxy) is 3. The molecule has 0 saturated carbocycles. The Bertz CT molecular complexity index is 760. The summed E-state index contributed by atoms with van der Waals surface area (Å²) in [6.45, 7) is 13.1. The Morgan fingerprint density at radius 1 is 0.946 bits per heavy atom. The fourth-order valence-electron chi connectivity index (χ4n) is 5.82. The molecule has 0 aliphatic carbocycles. The van der Waals surface area contributed by atoms with Crippen LogP contribution in [0.4, 0.5) is 0 Å². The van der Waals surface area contributed by atoms with Crippen LogP contribution in [-0.2, 0) is 23.8 Å². The first kappa shape index (κ1) is 32.1. The van der Waals surface area contributed by atoms with Gasteiger partial charge in [0.1, 0.15) is 18.0 Å². The smallest absolute Gasteiger partial charge is 0.311 e. The van der Waals surface area contributed by atoms with Gasteiger partial charge in [0, 0.05) is 30.1 Å². The lowest BCUT2D eigenvalue weighted by Gasteiger charge is -2.43. The van der Waals surface area contributed by atoms with Gasteiger partial charge in [-0.3, -0.25) is 9.59 Å². The van der Waals surface area contributed by atoms with E-state index in [1.165, 1.54) is 6.92 Å². The highest BCUT2D eigenvalue weighted by atomic mass is 16.7. The summed E-state index contributed by atoms with van der Waals surface area (Å²) >= 11 is 0. The predicted octanol–water partition coefficient (Wildman–Crippen LogP) is 1.18. The van der Waals surface area contributed by atoms with E-state index >= 15 is 0 Å². The zero-order chi connectivity index (χ0) is 28.4. The van der Waals surface area contributed by atoms with Gasteiger partial charge in [-0.2, -0.15) is 0 Å². The summed E-state index contributed by atoms with van der Waals surface area (Å²) in [5, 5.41) is 53.7. The van der Waals surface area contributed by atoms with Crippen molar-refractivity contribution in [2.75, 3.05) is 0 Å². The van der Waals surface area contributed by atoms with E-state index in [9.17, 15) is 35.1 Å². The van der Waals surface area contributed by atoms with Crippen molar-refractivity contribution in [2.24, 2.45) is 29.6 Å². The van der Waals surface area contributed by atoms with Crippen molar-refractivity contribution in [3.05, 3.63) is 0 Å². The van der Waals surface area contributed by atoms with Crippen LogP contribution < -0.4 is 0 Å². The molecule has 0 aromatic heterocycles. The van der Waals surface area contributed by atoms with E-state index in [1.54, 1.807) is 41.5 Å².